The Balaban J connectivity index is 1.73. The van der Waals surface area contributed by atoms with Crippen molar-refractivity contribution < 1.29 is 9.59 Å². The summed E-state index contributed by atoms with van der Waals surface area (Å²) >= 11 is 1.67. The molecule has 0 aromatic rings. The molecule has 2 fully saturated rings. The molecule has 0 bridgehead atoms. The average molecular weight is 298 g/mol. The Morgan fingerprint density at radius 1 is 1.35 bits per heavy atom. The monoisotopic (exact) mass is 298 g/mol. The molecule has 20 heavy (non-hydrogen) atoms. The van der Waals surface area contributed by atoms with Gasteiger partial charge in [-0.1, -0.05) is 19.3 Å². The summed E-state index contributed by atoms with van der Waals surface area (Å²) in [4.78, 5) is 25.7. The number of hydrogen-bond acceptors (Lipinski definition) is 3. The van der Waals surface area contributed by atoms with Gasteiger partial charge in [-0.3, -0.25) is 9.59 Å². The summed E-state index contributed by atoms with van der Waals surface area (Å²) in [6.07, 6.45) is 9.51. The second-order valence-electron chi connectivity index (χ2n) is 6.01. The molecular weight excluding hydrogens is 272 g/mol. The van der Waals surface area contributed by atoms with Gasteiger partial charge in [0.2, 0.25) is 11.8 Å². The van der Waals surface area contributed by atoms with Crippen LogP contribution in [-0.2, 0) is 9.59 Å². The lowest BCUT2D eigenvalue weighted by atomic mass is 9.89. The van der Waals surface area contributed by atoms with Gasteiger partial charge in [-0.15, -0.1) is 0 Å². The highest BCUT2D eigenvalue weighted by Gasteiger charge is 2.32. The van der Waals surface area contributed by atoms with E-state index in [9.17, 15) is 9.59 Å². The van der Waals surface area contributed by atoms with Gasteiger partial charge >= 0.3 is 0 Å². The van der Waals surface area contributed by atoms with Gasteiger partial charge in [-0.05, 0) is 25.0 Å². The zero-order valence-electron chi connectivity index (χ0n) is 12.4. The van der Waals surface area contributed by atoms with Crippen molar-refractivity contribution >= 4 is 23.6 Å². The fraction of sp³-hybridized carbons (Fsp3) is 0.867. The highest BCUT2D eigenvalue weighted by molar-refractivity contribution is 7.98. The average Bonchev–Trinajstić information content (AvgIpc) is 2.77. The molecule has 2 amide bonds. The Kier molecular flexibility index (Phi) is 6.20. The van der Waals surface area contributed by atoms with E-state index in [1.54, 1.807) is 11.8 Å². The standard InChI is InChI=1S/C15H26N2O2S/c1-20-8-7-14(18)16-13-9-15(19)17(11-13)10-12-5-3-2-4-6-12/h12-13H,2-11H2,1H3,(H,16,18)/t13-/m0/s1. The Bertz CT molecular complexity index is 343. The fourth-order valence-corrected chi connectivity index (χ4v) is 3.61. The van der Waals surface area contributed by atoms with E-state index in [4.69, 9.17) is 0 Å². The zero-order chi connectivity index (χ0) is 14.4. The summed E-state index contributed by atoms with van der Waals surface area (Å²) < 4.78 is 0. The summed E-state index contributed by atoms with van der Waals surface area (Å²) in [5, 5.41) is 3.00. The van der Waals surface area contributed by atoms with Gasteiger partial charge in [-0.25, -0.2) is 0 Å². The molecule has 1 heterocycles. The van der Waals surface area contributed by atoms with E-state index in [1.807, 2.05) is 11.2 Å². The zero-order valence-corrected chi connectivity index (χ0v) is 13.2. The Morgan fingerprint density at radius 3 is 2.80 bits per heavy atom. The van der Waals surface area contributed by atoms with Crippen LogP contribution < -0.4 is 5.32 Å². The molecule has 1 saturated heterocycles. The summed E-state index contributed by atoms with van der Waals surface area (Å²) in [5.74, 6) is 1.82. The first-order chi connectivity index (χ1) is 9.69. The summed E-state index contributed by atoms with van der Waals surface area (Å²) in [7, 11) is 0. The number of nitrogens with zero attached hydrogens (tertiary/aromatic N) is 1. The molecule has 5 heteroatoms. The van der Waals surface area contributed by atoms with Gasteiger partial charge < -0.3 is 10.2 Å². The highest BCUT2D eigenvalue weighted by Crippen LogP contribution is 2.26. The molecule has 2 aliphatic rings. The second-order valence-corrected chi connectivity index (χ2v) is 7.00. The number of carbonyl (C=O) groups excluding carboxylic acids is 2. The molecule has 1 aliphatic carbocycles. The molecule has 1 saturated carbocycles. The number of hydrogen-bond donors (Lipinski definition) is 1. The van der Waals surface area contributed by atoms with Crippen molar-refractivity contribution in [1.29, 1.82) is 0 Å². The van der Waals surface area contributed by atoms with Crippen molar-refractivity contribution in [2.75, 3.05) is 25.1 Å². The van der Waals surface area contributed by atoms with E-state index in [1.165, 1.54) is 32.1 Å². The Labute approximate surface area is 126 Å². The minimum atomic E-state index is 0.0282. The molecule has 0 aromatic carbocycles. The SMILES string of the molecule is CSCCC(=O)N[C@H]1CC(=O)N(CC2CCCCC2)C1. The van der Waals surface area contributed by atoms with Crippen LogP contribution in [0.4, 0.5) is 0 Å². The van der Waals surface area contributed by atoms with Gasteiger partial charge in [-0.2, -0.15) is 11.8 Å². The second kappa shape index (κ2) is 7.91. The number of rotatable bonds is 6. The van der Waals surface area contributed by atoms with Crippen molar-refractivity contribution in [2.24, 2.45) is 5.92 Å². The Morgan fingerprint density at radius 2 is 2.10 bits per heavy atom. The van der Waals surface area contributed by atoms with Crippen LogP contribution in [0.1, 0.15) is 44.9 Å². The van der Waals surface area contributed by atoms with Crippen molar-refractivity contribution in [2.45, 2.75) is 51.0 Å². The number of likely N-dealkylation sites (tertiary alicyclic amines) is 1. The van der Waals surface area contributed by atoms with Crippen molar-refractivity contribution in [3.63, 3.8) is 0 Å². The number of nitrogens with one attached hydrogen (secondary N) is 1. The smallest absolute Gasteiger partial charge is 0.224 e. The van der Waals surface area contributed by atoms with E-state index in [2.05, 4.69) is 5.32 Å². The third-order valence-electron chi connectivity index (χ3n) is 4.32. The van der Waals surface area contributed by atoms with Crippen LogP contribution >= 0.6 is 11.8 Å². The van der Waals surface area contributed by atoms with Crippen LogP contribution in [0, 0.1) is 5.92 Å². The number of amides is 2. The minimum absolute atomic E-state index is 0.0282. The summed E-state index contributed by atoms with van der Waals surface area (Å²) in [6.45, 7) is 1.61. The van der Waals surface area contributed by atoms with Gasteiger partial charge in [0.15, 0.2) is 0 Å². The van der Waals surface area contributed by atoms with Crippen LogP contribution in [0.25, 0.3) is 0 Å². The van der Waals surface area contributed by atoms with Gasteiger partial charge in [0.1, 0.15) is 0 Å². The third-order valence-corrected chi connectivity index (χ3v) is 4.93. The maximum atomic E-state index is 12.0. The maximum Gasteiger partial charge on any atom is 0.224 e. The van der Waals surface area contributed by atoms with E-state index >= 15 is 0 Å². The first-order valence-electron chi connectivity index (χ1n) is 7.75. The molecule has 0 aromatic heterocycles. The van der Waals surface area contributed by atoms with E-state index in [-0.39, 0.29) is 17.9 Å². The quantitative estimate of drug-likeness (QED) is 0.816. The normalized spacial score (nSPS) is 24.1. The van der Waals surface area contributed by atoms with Crippen molar-refractivity contribution in [1.82, 2.24) is 10.2 Å². The van der Waals surface area contributed by atoms with Crippen LogP contribution in [0.3, 0.4) is 0 Å². The predicted octanol–water partition coefficient (Wildman–Crippen LogP) is 2.04. The molecule has 1 aliphatic heterocycles. The minimum Gasteiger partial charge on any atom is -0.351 e. The first kappa shape index (κ1) is 15.7. The molecular formula is C15H26N2O2S. The number of carbonyl (C=O) groups is 2. The lowest BCUT2D eigenvalue weighted by molar-refractivity contribution is -0.128. The molecule has 1 N–H and O–H groups in total. The van der Waals surface area contributed by atoms with Gasteiger partial charge in [0, 0.05) is 31.7 Å². The van der Waals surface area contributed by atoms with Gasteiger partial charge in [0.25, 0.3) is 0 Å². The molecule has 1 atom stereocenters. The van der Waals surface area contributed by atoms with Crippen molar-refractivity contribution in [3.05, 3.63) is 0 Å². The van der Waals surface area contributed by atoms with Gasteiger partial charge in [0.05, 0.1) is 6.04 Å². The molecule has 0 unspecified atom stereocenters. The van der Waals surface area contributed by atoms with Crippen LogP contribution in [0.5, 0.6) is 0 Å². The summed E-state index contributed by atoms with van der Waals surface area (Å²) in [5.41, 5.74) is 0. The molecule has 0 spiro atoms. The van der Waals surface area contributed by atoms with Crippen molar-refractivity contribution in [3.8, 4) is 0 Å². The first-order valence-corrected chi connectivity index (χ1v) is 9.14. The third kappa shape index (κ3) is 4.69. The van der Waals surface area contributed by atoms with Crippen LogP contribution in [0.2, 0.25) is 0 Å². The molecule has 2 rings (SSSR count). The Hall–Kier alpha value is -0.710. The highest BCUT2D eigenvalue weighted by atomic mass is 32.2. The maximum absolute atomic E-state index is 12.0. The van der Waals surface area contributed by atoms with E-state index in [0.717, 1.165) is 12.3 Å². The molecule has 4 nitrogen and oxygen atoms in total. The summed E-state index contributed by atoms with van der Waals surface area (Å²) in [6, 6.07) is 0.0282. The predicted molar refractivity (Wildman–Crippen MR) is 82.7 cm³/mol. The lowest BCUT2D eigenvalue weighted by Gasteiger charge is -2.27. The van der Waals surface area contributed by atoms with E-state index in [0.29, 0.717) is 25.3 Å². The number of thioether (sulfide) groups is 1. The molecule has 114 valence electrons. The van der Waals surface area contributed by atoms with Crippen LogP contribution in [0.15, 0.2) is 0 Å². The fourth-order valence-electron chi connectivity index (χ4n) is 3.22. The van der Waals surface area contributed by atoms with E-state index < -0.39 is 0 Å². The molecule has 0 radical (unpaired) electrons. The largest absolute Gasteiger partial charge is 0.351 e. The lowest BCUT2D eigenvalue weighted by Crippen LogP contribution is -2.38. The van der Waals surface area contributed by atoms with Crippen LogP contribution in [-0.4, -0.2) is 47.9 Å². The topological polar surface area (TPSA) is 49.4 Å².